The predicted octanol–water partition coefficient (Wildman–Crippen LogP) is 2.45. The van der Waals surface area contributed by atoms with E-state index in [1.165, 1.54) is 4.90 Å². The Labute approximate surface area is 182 Å². The molecule has 0 radical (unpaired) electrons. The van der Waals surface area contributed by atoms with E-state index in [9.17, 15) is 14.4 Å². The minimum absolute atomic E-state index is 0.00256. The van der Waals surface area contributed by atoms with Gasteiger partial charge in [-0.05, 0) is 49.1 Å². The summed E-state index contributed by atoms with van der Waals surface area (Å²) in [6.07, 6.45) is 2.90. The van der Waals surface area contributed by atoms with Crippen LogP contribution in [0.4, 0.5) is 5.69 Å². The zero-order chi connectivity index (χ0) is 21.8. The number of aryl methyl sites for hydroxylation is 1. The number of amides is 3. The molecular weight excluding hydrogens is 394 g/mol. The van der Waals surface area contributed by atoms with Crippen LogP contribution in [0.2, 0.25) is 0 Å². The molecule has 2 aromatic rings. The summed E-state index contributed by atoms with van der Waals surface area (Å²) in [5.41, 5.74) is 1.83. The summed E-state index contributed by atoms with van der Waals surface area (Å²) >= 11 is 0. The lowest BCUT2D eigenvalue weighted by Gasteiger charge is -2.25. The summed E-state index contributed by atoms with van der Waals surface area (Å²) in [4.78, 5) is 43.0. The molecule has 0 bridgehead atoms. The quantitative estimate of drug-likeness (QED) is 0.657. The molecule has 0 spiro atoms. The lowest BCUT2D eigenvalue weighted by atomic mass is 10.1. The van der Waals surface area contributed by atoms with Crippen LogP contribution in [0.3, 0.4) is 0 Å². The number of hydrogen-bond donors (Lipinski definition) is 0. The van der Waals surface area contributed by atoms with Gasteiger partial charge in [0.2, 0.25) is 17.7 Å². The van der Waals surface area contributed by atoms with Crippen LogP contribution < -0.4 is 9.64 Å². The first-order valence-corrected chi connectivity index (χ1v) is 10.6. The van der Waals surface area contributed by atoms with Gasteiger partial charge >= 0.3 is 0 Å². The van der Waals surface area contributed by atoms with Crippen LogP contribution in [0, 0.1) is 0 Å². The van der Waals surface area contributed by atoms with Crippen molar-refractivity contribution in [3.8, 4) is 5.75 Å². The smallest absolute Gasteiger partial charge is 0.248 e. The summed E-state index contributed by atoms with van der Waals surface area (Å²) in [5.74, 6) is 0.380. The molecule has 1 saturated carbocycles. The molecule has 1 heterocycles. The van der Waals surface area contributed by atoms with E-state index in [0.717, 1.165) is 24.1 Å². The number of anilines is 1. The van der Waals surface area contributed by atoms with E-state index < -0.39 is 0 Å². The molecule has 1 saturated heterocycles. The maximum absolute atomic E-state index is 12.9. The van der Waals surface area contributed by atoms with E-state index in [1.807, 2.05) is 30.3 Å². The number of carbonyl (C=O) groups excluding carboxylic acids is 3. The normalized spacial score (nSPS) is 15.8. The molecule has 31 heavy (non-hydrogen) atoms. The standard InChI is InChI=1S/C24H27N3O4/c1-31-21-12-10-20(11-13-21)27-17-25(15-24(27)30)23(29)16-26(19-8-9-19)22(28)14-7-18-5-3-2-4-6-18/h2-6,10-13,19H,7-9,14-17H2,1H3. The Balaban J connectivity index is 1.35. The Kier molecular flexibility index (Phi) is 6.21. The molecule has 1 aliphatic carbocycles. The zero-order valence-corrected chi connectivity index (χ0v) is 17.7. The summed E-state index contributed by atoms with van der Waals surface area (Å²) in [6, 6.07) is 17.2. The van der Waals surface area contributed by atoms with Gasteiger partial charge in [0.15, 0.2) is 0 Å². The van der Waals surface area contributed by atoms with Gasteiger partial charge in [-0.2, -0.15) is 0 Å². The van der Waals surface area contributed by atoms with Crippen LogP contribution in [-0.2, 0) is 20.8 Å². The molecule has 0 aromatic heterocycles. The molecule has 2 fully saturated rings. The van der Waals surface area contributed by atoms with Crippen molar-refractivity contribution in [1.29, 1.82) is 0 Å². The van der Waals surface area contributed by atoms with E-state index in [0.29, 0.717) is 18.6 Å². The fourth-order valence-corrected chi connectivity index (χ4v) is 3.80. The first-order chi connectivity index (χ1) is 15.0. The summed E-state index contributed by atoms with van der Waals surface area (Å²) in [6.45, 7) is 0.254. The third kappa shape index (κ3) is 5.05. The van der Waals surface area contributed by atoms with Crippen LogP contribution in [0.25, 0.3) is 0 Å². The Hall–Kier alpha value is -3.35. The maximum Gasteiger partial charge on any atom is 0.248 e. The van der Waals surface area contributed by atoms with Crippen molar-refractivity contribution >= 4 is 23.4 Å². The van der Waals surface area contributed by atoms with Gasteiger partial charge in [-0.3, -0.25) is 19.3 Å². The molecule has 0 N–H and O–H groups in total. The van der Waals surface area contributed by atoms with Crippen molar-refractivity contribution in [3.05, 3.63) is 60.2 Å². The van der Waals surface area contributed by atoms with E-state index in [4.69, 9.17) is 4.74 Å². The third-order valence-corrected chi connectivity index (χ3v) is 5.76. The van der Waals surface area contributed by atoms with E-state index in [-0.39, 0.29) is 43.5 Å². The van der Waals surface area contributed by atoms with Gasteiger partial charge < -0.3 is 14.5 Å². The number of benzene rings is 2. The largest absolute Gasteiger partial charge is 0.497 e. The lowest BCUT2D eigenvalue weighted by molar-refractivity contribution is -0.140. The lowest BCUT2D eigenvalue weighted by Crippen LogP contribution is -2.43. The van der Waals surface area contributed by atoms with Crippen LogP contribution >= 0.6 is 0 Å². The van der Waals surface area contributed by atoms with E-state index >= 15 is 0 Å². The molecule has 0 atom stereocenters. The maximum atomic E-state index is 12.9. The molecule has 7 nitrogen and oxygen atoms in total. The second-order valence-electron chi connectivity index (χ2n) is 7.99. The highest BCUT2D eigenvalue weighted by molar-refractivity contribution is 6.00. The first kappa shape index (κ1) is 20.9. The molecule has 7 heteroatoms. The van der Waals surface area contributed by atoms with Crippen molar-refractivity contribution in [2.75, 3.05) is 31.8 Å². The molecule has 162 valence electrons. The SMILES string of the molecule is COc1ccc(N2CN(C(=O)CN(C(=O)CCc3ccccc3)C3CC3)CC2=O)cc1. The average Bonchev–Trinajstić information content (AvgIpc) is 3.57. The van der Waals surface area contributed by atoms with Gasteiger partial charge in [0, 0.05) is 18.2 Å². The number of rotatable bonds is 8. The van der Waals surface area contributed by atoms with Gasteiger partial charge in [0.1, 0.15) is 25.5 Å². The highest BCUT2D eigenvalue weighted by Gasteiger charge is 2.37. The third-order valence-electron chi connectivity index (χ3n) is 5.76. The number of carbonyl (C=O) groups is 3. The van der Waals surface area contributed by atoms with Gasteiger partial charge in [-0.25, -0.2) is 0 Å². The fourth-order valence-electron chi connectivity index (χ4n) is 3.80. The fraction of sp³-hybridized carbons (Fsp3) is 0.375. The Morgan fingerprint density at radius 3 is 2.42 bits per heavy atom. The van der Waals surface area contributed by atoms with Gasteiger partial charge in [0.25, 0.3) is 0 Å². The van der Waals surface area contributed by atoms with Crippen LogP contribution in [-0.4, -0.2) is 60.4 Å². The zero-order valence-electron chi connectivity index (χ0n) is 17.7. The van der Waals surface area contributed by atoms with Gasteiger partial charge in [-0.15, -0.1) is 0 Å². The van der Waals surface area contributed by atoms with Crippen molar-refractivity contribution in [2.24, 2.45) is 0 Å². The Morgan fingerprint density at radius 1 is 1.06 bits per heavy atom. The highest BCUT2D eigenvalue weighted by Crippen LogP contribution is 2.28. The molecule has 2 aliphatic rings. The minimum Gasteiger partial charge on any atom is -0.497 e. The van der Waals surface area contributed by atoms with Crippen molar-refractivity contribution in [1.82, 2.24) is 9.80 Å². The van der Waals surface area contributed by atoms with Crippen molar-refractivity contribution in [2.45, 2.75) is 31.7 Å². The highest BCUT2D eigenvalue weighted by atomic mass is 16.5. The van der Waals surface area contributed by atoms with Crippen LogP contribution in [0.15, 0.2) is 54.6 Å². The van der Waals surface area contributed by atoms with E-state index in [2.05, 4.69) is 0 Å². The topological polar surface area (TPSA) is 70.2 Å². The molecule has 2 aromatic carbocycles. The summed E-state index contributed by atoms with van der Waals surface area (Å²) < 4.78 is 5.16. The number of ether oxygens (including phenoxy) is 1. The number of nitrogens with zero attached hydrogens (tertiary/aromatic N) is 3. The summed E-state index contributed by atoms with van der Waals surface area (Å²) in [5, 5.41) is 0. The average molecular weight is 421 g/mol. The Morgan fingerprint density at radius 2 is 1.77 bits per heavy atom. The second kappa shape index (κ2) is 9.20. The van der Waals surface area contributed by atoms with Crippen LogP contribution in [0.5, 0.6) is 5.75 Å². The number of hydrogen-bond acceptors (Lipinski definition) is 4. The van der Waals surface area contributed by atoms with Crippen molar-refractivity contribution < 1.29 is 19.1 Å². The molecule has 0 unspecified atom stereocenters. The van der Waals surface area contributed by atoms with E-state index in [1.54, 1.807) is 41.2 Å². The summed E-state index contributed by atoms with van der Waals surface area (Å²) in [7, 11) is 1.59. The van der Waals surface area contributed by atoms with Gasteiger partial charge in [0.05, 0.1) is 7.11 Å². The number of methoxy groups -OCH3 is 1. The van der Waals surface area contributed by atoms with Gasteiger partial charge in [-0.1, -0.05) is 30.3 Å². The molecular formula is C24H27N3O4. The molecule has 3 amide bonds. The van der Waals surface area contributed by atoms with Crippen molar-refractivity contribution in [3.63, 3.8) is 0 Å². The monoisotopic (exact) mass is 421 g/mol. The Bertz CT molecular complexity index is 941. The predicted molar refractivity (Wildman–Crippen MR) is 117 cm³/mol. The molecule has 4 rings (SSSR count). The second-order valence-corrected chi connectivity index (χ2v) is 7.99. The minimum atomic E-state index is -0.190. The van der Waals surface area contributed by atoms with Crippen LogP contribution in [0.1, 0.15) is 24.8 Å². The first-order valence-electron chi connectivity index (χ1n) is 10.6. The molecule has 1 aliphatic heterocycles.